The van der Waals surface area contributed by atoms with Crippen LogP contribution in [0.15, 0.2) is 36.4 Å². The molecule has 0 fully saturated rings. The molecule has 3 aromatic rings. The monoisotopic (exact) mass is 240 g/mol. The van der Waals surface area contributed by atoms with Crippen LogP contribution >= 0.6 is 0 Å². The molecular weight excluding hydrogens is 228 g/mol. The van der Waals surface area contributed by atoms with Gasteiger partial charge in [-0.1, -0.05) is 18.2 Å². The summed E-state index contributed by atoms with van der Waals surface area (Å²) in [6.07, 6.45) is 0. The maximum absolute atomic E-state index is 5.80. The molecule has 0 radical (unpaired) electrons. The molecule has 18 heavy (non-hydrogen) atoms. The third kappa shape index (κ3) is 1.64. The molecule has 0 saturated heterocycles. The fourth-order valence-corrected chi connectivity index (χ4v) is 1.77. The van der Waals surface area contributed by atoms with Crippen LogP contribution in [-0.4, -0.2) is 26.8 Å². The summed E-state index contributed by atoms with van der Waals surface area (Å²) in [4.78, 5) is 8.57. The zero-order valence-corrected chi connectivity index (χ0v) is 9.83. The van der Waals surface area contributed by atoms with Gasteiger partial charge in [-0.05, 0) is 18.2 Å². The van der Waals surface area contributed by atoms with Crippen molar-refractivity contribution in [3.63, 3.8) is 0 Å². The molecular formula is C12H12N6. The van der Waals surface area contributed by atoms with E-state index in [1.54, 1.807) is 7.05 Å². The number of nitrogens with one attached hydrogen (secondary N) is 1. The molecule has 0 bridgehead atoms. The molecule has 2 aromatic heterocycles. The van der Waals surface area contributed by atoms with Crippen LogP contribution in [0.2, 0.25) is 0 Å². The minimum atomic E-state index is 0.308. The van der Waals surface area contributed by atoms with Crippen molar-refractivity contribution in [2.45, 2.75) is 0 Å². The fraction of sp³-hybridized carbons (Fsp3) is 0.0833. The molecule has 0 atom stereocenters. The summed E-state index contributed by atoms with van der Waals surface area (Å²) in [5.74, 6) is 1.43. The van der Waals surface area contributed by atoms with E-state index in [1.807, 2.05) is 36.4 Å². The van der Waals surface area contributed by atoms with Crippen molar-refractivity contribution in [2.24, 2.45) is 0 Å². The van der Waals surface area contributed by atoms with Gasteiger partial charge < -0.3 is 11.1 Å². The Bertz CT molecular complexity index is 703. The molecule has 0 spiro atoms. The summed E-state index contributed by atoms with van der Waals surface area (Å²) < 4.78 is 1.51. The van der Waals surface area contributed by atoms with E-state index in [2.05, 4.69) is 20.4 Å². The number of rotatable bonds is 2. The van der Waals surface area contributed by atoms with E-state index in [0.717, 1.165) is 10.9 Å². The quantitative estimate of drug-likeness (QED) is 0.708. The van der Waals surface area contributed by atoms with Crippen LogP contribution < -0.4 is 11.1 Å². The van der Waals surface area contributed by atoms with Gasteiger partial charge in [0.15, 0.2) is 5.82 Å². The summed E-state index contributed by atoms with van der Waals surface area (Å²) in [7, 11) is 1.74. The van der Waals surface area contributed by atoms with Gasteiger partial charge in [0.05, 0.1) is 5.52 Å². The van der Waals surface area contributed by atoms with Crippen molar-refractivity contribution in [1.29, 1.82) is 0 Å². The van der Waals surface area contributed by atoms with Crippen LogP contribution in [0.1, 0.15) is 0 Å². The van der Waals surface area contributed by atoms with Gasteiger partial charge in [0.25, 0.3) is 0 Å². The SMILES string of the molecule is CNc1nc(N)n(-c2ccc3ccccc3n2)n1. The summed E-state index contributed by atoms with van der Waals surface area (Å²) in [6.45, 7) is 0. The van der Waals surface area contributed by atoms with E-state index in [0.29, 0.717) is 17.7 Å². The molecule has 3 N–H and O–H groups in total. The second-order valence-electron chi connectivity index (χ2n) is 3.82. The number of benzene rings is 1. The van der Waals surface area contributed by atoms with Gasteiger partial charge in [0, 0.05) is 12.4 Å². The molecule has 0 saturated carbocycles. The Balaban J connectivity index is 2.15. The highest BCUT2D eigenvalue weighted by atomic mass is 15.4. The van der Waals surface area contributed by atoms with Gasteiger partial charge in [-0.15, -0.1) is 5.10 Å². The normalized spacial score (nSPS) is 10.7. The van der Waals surface area contributed by atoms with Crippen molar-refractivity contribution in [1.82, 2.24) is 19.7 Å². The number of fused-ring (bicyclic) bond motifs is 1. The van der Waals surface area contributed by atoms with E-state index < -0.39 is 0 Å². The standard InChI is InChI=1S/C12H12N6/c1-14-12-16-11(13)18(17-12)10-7-6-8-4-2-3-5-9(8)15-10/h2-7H,1H3,(H3,13,14,16,17). The first-order valence-corrected chi connectivity index (χ1v) is 5.54. The Morgan fingerprint density at radius 1 is 1.11 bits per heavy atom. The molecule has 0 aliphatic carbocycles. The third-order valence-electron chi connectivity index (χ3n) is 2.66. The van der Waals surface area contributed by atoms with E-state index in [1.165, 1.54) is 4.68 Å². The highest BCUT2D eigenvalue weighted by molar-refractivity contribution is 5.79. The summed E-state index contributed by atoms with van der Waals surface area (Å²) in [6, 6.07) is 11.7. The maximum Gasteiger partial charge on any atom is 0.244 e. The Morgan fingerprint density at radius 2 is 1.94 bits per heavy atom. The first-order valence-electron chi connectivity index (χ1n) is 5.54. The van der Waals surface area contributed by atoms with Gasteiger partial charge in [-0.25, -0.2) is 4.98 Å². The van der Waals surface area contributed by atoms with Crippen LogP contribution in [0, 0.1) is 0 Å². The highest BCUT2D eigenvalue weighted by Gasteiger charge is 2.08. The number of nitrogens with zero attached hydrogens (tertiary/aromatic N) is 4. The number of hydrogen-bond acceptors (Lipinski definition) is 5. The number of aromatic nitrogens is 4. The van der Waals surface area contributed by atoms with Crippen molar-refractivity contribution < 1.29 is 0 Å². The predicted octanol–water partition coefficient (Wildman–Crippen LogP) is 1.44. The zero-order chi connectivity index (χ0) is 12.5. The molecule has 90 valence electrons. The topological polar surface area (TPSA) is 81.6 Å². The summed E-state index contributed by atoms with van der Waals surface area (Å²) in [5, 5.41) is 8.13. The molecule has 0 aliphatic rings. The first kappa shape index (κ1) is 10.5. The van der Waals surface area contributed by atoms with E-state index in [9.17, 15) is 0 Å². The lowest BCUT2D eigenvalue weighted by Gasteiger charge is -2.03. The van der Waals surface area contributed by atoms with Crippen LogP contribution in [0.5, 0.6) is 0 Å². The minimum Gasteiger partial charge on any atom is -0.368 e. The maximum atomic E-state index is 5.80. The van der Waals surface area contributed by atoms with E-state index in [4.69, 9.17) is 5.73 Å². The molecule has 0 amide bonds. The average molecular weight is 240 g/mol. The van der Waals surface area contributed by atoms with E-state index >= 15 is 0 Å². The Kier molecular flexibility index (Phi) is 2.33. The lowest BCUT2D eigenvalue weighted by Crippen LogP contribution is -2.04. The smallest absolute Gasteiger partial charge is 0.244 e. The molecule has 3 rings (SSSR count). The number of hydrogen-bond donors (Lipinski definition) is 2. The second kappa shape index (κ2) is 3.99. The van der Waals surface area contributed by atoms with Crippen molar-refractivity contribution in [2.75, 3.05) is 18.1 Å². The van der Waals surface area contributed by atoms with Gasteiger partial charge in [0.2, 0.25) is 11.9 Å². The molecule has 2 heterocycles. The number of nitrogen functional groups attached to an aromatic ring is 1. The van der Waals surface area contributed by atoms with Crippen molar-refractivity contribution in [3.05, 3.63) is 36.4 Å². The Morgan fingerprint density at radius 3 is 2.72 bits per heavy atom. The average Bonchev–Trinajstić information content (AvgIpc) is 2.79. The van der Waals surface area contributed by atoms with Crippen LogP contribution in [0.25, 0.3) is 16.7 Å². The number of nitrogens with two attached hydrogens (primary N) is 1. The molecule has 0 aliphatic heterocycles. The summed E-state index contributed by atoms with van der Waals surface area (Å²) in [5.41, 5.74) is 6.70. The second-order valence-corrected chi connectivity index (χ2v) is 3.82. The van der Waals surface area contributed by atoms with Gasteiger partial charge >= 0.3 is 0 Å². The lowest BCUT2D eigenvalue weighted by molar-refractivity contribution is 0.864. The molecule has 6 nitrogen and oxygen atoms in total. The number of anilines is 2. The minimum absolute atomic E-state index is 0.308. The Hall–Kier alpha value is -2.63. The zero-order valence-electron chi connectivity index (χ0n) is 9.83. The summed E-state index contributed by atoms with van der Waals surface area (Å²) >= 11 is 0. The van der Waals surface area contributed by atoms with Crippen molar-refractivity contribution in [3.8, 4) is 5.82 Å². The predicted molar refractivity (Wildman–Crippen MR) is 70.6 cm³/mol. The molecule has 6 heteroatoms. The number of para-hydroxylation sites is 1. The first-order chi connectivity index (χ1) is 8.78. The molecule has 0 unspecified atom stereocenters. The van der Waals surface area contributed by atoms with Crippen LogP contribution in [0.4, 0.5) is 11.9 Å². The highest BCUT2D eigenvalue weighted by Crippen LogP contribution is 2.16. The van der Waals surface area contributed by atoms with Gasteiger partial charge in [-0.2, -0.15) is 9.67 Å². The van der Waals surface area contributed by atoms with Crippen LogP contribution in [-0.2, 0) is 0 Å². The number of pyridine rings is 1. The van der Waals surface area contributed by atoms with E-state index in [-0.39, 0.29) is 0 Å². The van der Waals surface area contributed by atoms with Gasteiger partial charge in [0.1, 0.15) is 0 Å². The lowest BCUT2D eigenvalue weighted by atomic mass is 10.2. The largest absolute Gasteiger partial charge is 0.368 e. The van der Waals surface area contributed by atoms with Crippen LogP contribution in [0.3, 0.4) is 0 Å². The molecule has 1 aromatic carbocycles. The third-order valence-corrected chi connectivity index (χ3v) is 2.66. The van der Waals surface area contributed by atoms with Crippen molar-refractivity contribution >= 4 is 22.8 Å². The Labute approximate surface area is 103 Å². The fourth-order valence-electron chi connectivity index (χ4n) is 1.77. The van der Waals surface area contributed by atoms with Gasteiger partial charge in [-0.3, -0.25) is 0 Å².